The molecule has 1 unspecified atom stereocenters. The maximum Gasteiger partial charge on any atom is 0.267 e. The minimum atomic E-state index is -4.36. The van der Waals surface area contributed by atoms with Crippen LogP contribution in [0.25, 0.3) is 10.2 Å². The van der Waals surface area contributed by atoms with Gasteiger partial charge >= 0.3 is 0 Å². The number of aromatic nitrogens is 1. The standard InChI is InChI=1S/C22H27N3O5S3/c1-15(11-17-7-5-4-6-8-17)21(23)25(22(26)16(2)13-32(3,27)28)33(29,30)18-9-10-19-20(12-18)31-14-24-19/h4-10,12,14-16,21H,11,13,23H2,1-3H3/t15-,16?,21-/m0/s1. The smallest absolute Gasteiger partial charge is 0.267 e. The molecule has 11 heteroatoms. The molecule has 3 aromatic rings. The highest BCUT2D eigenvalue weighted by Crippen LogP contribution is 2.28. The number of nitrogens with two attached hydrogens (primary N) is 1. The van der Waals surface area contributed by atoms with Gasteiger partial charge in [-0.15, -0.1) is 11.3 Å². The quantitative estimate of drug-likeness (QED) is 0.439. The Bertz CT molecular complexity index is 1340. The summed E-state index contributed by atoms with van der Waals surface area (Å²) in [6.07, 6.45) is 0.253. The Morgan fingerprint density at radius 3 is 2.39 bits per heavy atom. The number of sulfonamides is 1. The molecule has 33 heavy (non-hydrogen) atoms. The molecule has 1 amide bonds. The largest absolute Gasteiger partial charge is 0.310 e. The van der Waals surface area contributed by atoms with Crippen LogP contribution in [0.3, 0.4) is 0 Å². The van der Waals surface area contributed by atoms with Crippen molar-refractivity contribution < 1.29 is 21.6 Å². The predicted molar refractivity (Wildman–Crippen MR) is 130 cm³/mol. The van der Waals surface area contributed by atoms with E-state index in [2.05, 4.69) is 4.98 Å². The molecule has 3 atom stereocenters. The molecule has 0 fully saturated rings. The Morgan fingerprint density at radius 2 is 1.76 bits per heavy atom. The van der Waals surface area contributed by atoms with E-state index in [4.69, 9.17) is 5.73 Å². The number of benzene rings is 2. The maximum absolute atomic E-state index is 13.7. The number of hydrogen-bond donors (Lipinski definition) is 1. The van der Waals surface area contributed by atoms with Gasteiger partial charge in [0.15, 0.2) is 0 Å². The number of carbonyl (C=O) groups excluding carboxylic acids is 1. The molecule has 0 aliphatic rings. The fourth-order valence-electron chi connectivity index (χ4n) is 3.62. The van der Waals surface area contributed by atoms with Gasteiger partial charge in [0.05, 0.1) is 38.5 Å². The minimum absolute atomic E-state index is 0.0958. The number of hydrogen-bond acceptors (Lipinski definition) is 8. The lowest BCUT2D eigenvalue weighted by Gasteiger charge is -2.34. The van der Waals surface area contributed by atoms with Crippen molar-refractivity contribution in [2.24, 2.45) is 17.6 Å². The zero-order valence-corrected chi connectivity index (χ0v) is 21.0. The SMILES string of the molecule is CC(CS(C)(=O)=O)C(=O)N([C@H](N)[C@@H](C)Cc1ccccc1)S(=O)(=O)c1ccc2ncsc2c1. The van der Waals surface area contributed by atoms with Gasteiger partial charge < -0.3 is 5.73 Å². The van der Waals surface area contributed by atoms with E-state index in [1.165, 1.54) is 30.4 Å². The first kappa shape index (κ1) is 25.3. The van der Waals surface area contributed by atoms with Crippen LogP contribution in [0.4, 0.5) is 0 Å². The number of carbonyl (C=O) groups is 1. The summed E-state index contributed by atoms with van der Waals surface area (Å²) in [5.74, 6) is -2.84. The summed E-state index contributed by atoms with van der Waals surface area (Å²) in [5.41, 5.74) is 9.59. The molecule has 3 rings (SSSR count). The molecule has 1 heterocycles. The lowest BCUT2D eigenvalue weighted by molar-refractivity contribution is -0.131. The topological polar surface area (TPSA) is 127 Å². The van der Waals surface area contributed by atoms with Crippen LogP contribution in [0.5, 0.6) is 0 Å². The summed E-state index contributed by atoms with van der Waals surface area (Å²) >= 11 is 1.28. The van der Waals surface area contributed by atoms with E-state index < -0.39 is 49.5 Å². The molecular formula is C22H27N3O5S3. The second-order valence-electron chi connectivity index (χ2n) is 8.27. The third kappa shape index (κ3) is 5.97. The Kier molecular flexibility index (Phi) is 7.57. The average Bonchev–Trinajstić information content (AvgIpc) is 3.21. The predicted octanol–water partition coefficient (Wildman–Crippen LogP) is 2.66. The van der Waals surface area contributed by atoms with Crippen molar-refractivity contribution in [2.45, 2.75) is 31.3 Å². The summed E-state index contributed by atoms with van der Waals surface area (Å²) in [4.78, 5) is 17.4. The van der Waals surface area contributed by atoms with Gasteiger partial charge in [0.2, 0.25) is 5.91 Å². The molecule has 0 radical (unpaired) electrons. The first-order valence-electron chi connectivity index (χ1n) is 10.3. The highest BCUT2D eigenvalue weighted by atomic mass is 32.2. The van der Waals surface area contributed by atoms with Gasteiger partial charge in [-0.3, -0.25) is 4.79 Å². The average molecular weight is 510 g/mol. The van der Waals surface area contributed by atoms with E-state index in [1.807, 2.05) is 30.3 Å². The van der Waals surface area contributed by atoms with Crippen molar-refractivity contribution in [1.29, 1.82) is 0 Å². The molecule has 0 aliphatic heterocycles. The molecule has 0 spiro atoms. The molecule has 8 nitrogen and oxygen atoms in total. The molecule has 0 saturated carbocycles. The number of amides is 1. The summed E-state index contributed by atoms with van der Waals surface area (Å²) in [5, 5.41) is 0. The van der Waals surface area contributed by atoms with Crippen molar-refractivity contribution in [3.05, 3.63) is 59.6 Å². The zero-order valence-electron chi connectivity index (χ0n) is 18.6. The summed E-state index contributed by atoms with van der Waals surface area (Å²) in [7, 11) is -7.88. The Balaban J connectivity index is 2.02. The van der Waals surface area contributed by atoms with Gasteiger partial charge in [-0.1, -0.05) is 44.2 Å². The normalized spacial score (nSPS) is 15.2. The molecule has 0 saturated heterocycles. The van der Waals surface area contributed by atoms with Gasteiger partial charge in [0, 0.05) is 6.26 Å². The molecule has 0 aliphatic carbocycles. The Labute approximate surface area is 198 Å². The van der Waals surface area contributed by atoms with Gasteiger partial charge in [-0.2, -0.15) is 0 Å². The lowest BCUT2D eigenvalue weighted by atomic mass is 9.98. The fraction of sp³-hybridized carbons (Fsp3) is 0.364. The van der Waals surface area contributed by atoms with E-state index in [9.17, 15) is 21.6 Å². The molecule has 178 valence electrons. The molecule has 2 aromatic carbocycles. The van der Waals surface area contributed by atoms with Crippen LogP contribution >= 0.6 is 11.3 Å². The Hall–Kier alpha value is -2.34. The first-order chi connectivity index (χ1) is 15.4. The minimum Gasteiger partial charge on any atom is -0.310 e. The first-order valence-corrected chi connectivity index (χ1v) is 14.7. The van der Waals surface area contributed by atoms with E-state index in [0.29, 0.717) is 20.9 Å². The maximum atomic E-state index is 13.7. The third-order valence-electron chi connectivity index (χ3n) is 5.31. The zero-order chi connectivity index (χ0) is 24.4. The van der Waals surface area contributed by atoms with Crippen LogP contribution in [-0.4, -0.2) is 50.2 Å². The van der Waals surface area contributed by atoms with Crippen LogP contribution in [0, 0.1) is 11.8 Å². The molecular weight excluding hydrogens is 482 g/mol. The van der Waals surface area contributed by atoms with Crippen LogP contribution < -0.4 is 5.73 Å². The van der Waals surface area contributed by atoms with Crippen molar-refractivity contribution in [2.75, 3.05) is 12.0 Å². The molecule has 1 aromatic heterocycles. The highest BCUT2D eigenvalue weighted by Gasteiger charge is 2.39. The fourth-order valence-corrected chi connectivity index (χ4v) is 7.14. The second kappa shape index (κ2) is 9.88. The summed E-state index contributed by atoms with van der Waals surface area (Å²) in [6, 6.07) is 13.8. The van der Waals surface area contributed by atoms with Gasteiger partial charge in [0.25, 0.3) is 10.0 Å². The lowest BCUT2D eigenvalue weighted by Crippen LogP contribution is -2.54. The second-order valence-corrected chi connectivity index (χ2v) is 13.2. The van der Waals surface area contributed by atoms with Crippen LogP contribution in [0.15, 0.2) is 58.9 Å². The number of rotatable bonds is 9. The van der Waals surface area contributed by atoms with E-state index in [0.717, 1.165) is 11.8 Å². The van der Waals surface area contributed by atoms with Crippen LogP contribution in [0.1, 0.15) is 19.4 Å². The van der Waals surface area contributed by atoms with Gasteiger partial charge in [0.1, 0.15) is 9.84 Å². The highest BCUT2D eigenvalue weighted by molar-refractivity contribution is 7.90. The van der Waals surface area contributed by atoms with Crippen molar-refractivity contribution in [1.82, 2.24) is 9.29 Å². The number of nitrogens with zero attached hydrogens (tertiary/aromatic N) is 2. The summed E-state index contributed by atoms with van der Waals surface area (Å²) in [6.45, 7) is 3.16. The number of thiazole rings is 1. The number of fused-ring (bicyclic) bond motifs is 1. The number of sulfone groups is 1. The molecule has 0 bridgehead atoms. The summed E-state index contributed by atoms with van der Waals surface area (Å²) < 4.78 is 52.2. The van der Waals surface area contributed by atoms with E-state index >= 15 is 0 Å². The monoisotopic (exact) mass is 509 g/mol. The van der Waals surface area contributed by atoms with Crippen molar-refractivity contribution in [3.63, 3.8) is 0 Å². The molecule has 2 N–H and O–H groups in total. The van der Waals surface area contributed by atoms with Gasteiger partial charge in [-0.25, -0.2) is 26.1 Å². The van der Waals surface area contributed by atoms with E-state index in [1.54, 1.807) is 18.5 Å². The van der Waals surface area contributed by atoms with Crippen LogP contribution in [0.2, 0.25) is 0 Å². The third-order valence-corrected chi connectivity index (χ3v) is 8.99. The van der Waals surface area contributed by atoms with Crippen molar-refractivity contribution in [3.8, 4) is 0 Å². The van der Waals surface area contributed by atoms with Crippen molar-refractivity contribution >= 4 is 47.3 Å². The Morgan fingerprint density at radius 1 is 1.09 bits per heavy atom. The van der Waals surface area contributed by atoms with Gasteiger partial charge in [-0.05, 0) is 36.1 Å². The van der Waals surface area contributed by atoms with E-state index in [-0.39, 0.29) is 4.90 Å². The van der Waals surface area contributed by atoms with Crippen LogP contribution in [-0.2, 0) is 31.1 Å².